The molecule has 4 rings (SSSR count). The van der Waals surface area contributed by atoms with Gasteiger partial charge in [-0.3, -0.25) is 9.59 Å². The van der Waals surface area contributed by atoms with Gasteiger partial charge in [-0.15, -0.1) is 0 Å². The molecule has 1 unspecified atom stereocenters. The zero-order valence-corrected chi connectivity index (χ0v) is 14.3. The minimum Gasteiger partial charge on any atom is -0.472 e. The molecular weight excluding hydrogens is 332 g/mol. The Morgan fingerprint density at radius 1 is 1.23 bits per heavy atom. The number of hydrogen-bond acceptors (Lipinski definition) is 5. The van der Waals surface area contributed by atoms with Crippen LogP contribution in [0.15, 0.2) is 57.7 Å². The third kappa shape index (κ3) is 3.18. The molecule has 0 spiro atoms. The van der Waals surface area contributed by atoms with Crippen molar-refractivity contribution < 1.29 is 13.9 Å². The molecule has 6 heteroatoms. The number of aromatic nitrogens is 1. The second-order valence-electron chi connectivity index (χ2n) is 6.37. The van der Waals surface area contributed by atoms with Crippen LogP contribution in [0.1, 0.15) is 22.7 Å². The Kier molecular flexibility index (Phi) is 4.16. The highest BCUT2D eigenvalue weighted by atomic mass is 16.5. The van der Waals surface area contributed by atoms with Crippen LogP contribution in [0, 0.1) is 6.92 Å². The first-order valence-electron chi connectivity index (χ1n) is 8.52. The van der Waals surface area contributed by atoms with Crippen molar-refractivity contribution in [1.29, 1.82) is 0 Å². The van der Waals surface area contributed by atoms with Crippen LogP contribution in [0.25, 0.3) is 11.0 Å². The van der Waals surface area contributed by atoms with Crippen molar-refractivity contribution in [3.8, 4) is 5.88 Å². The Hall–Kier alpha value is -3.15. The predicted molar refractivity (Wildman–Crippen MR) is 96.4 cm³/mol. The van der Waals surface area contributed by atoms with E-state index in [0.717, 1.165) is 5.69 Å². The van der Waals surface area contributed by atoms with E-state index in [1.165, 1.54) is 6.07 Å². The zero-order valence-electron chi connectivity index (χ0n) is 14.3. The monoisotopic (exact) mass is 350 g/mol. The molecule has 1 aliphatic rings. The molecule has 1 aliphatic heterocycles. The Labute approximate surface area is 150 Å². The number of fused-ring (bicyclic) bond motifs is 1. The highest BCUT2D eigenvalue weighted by molar-refractivity contribution is 5.93. The topological polar surface area (TPSA) is 72.6 Å². The van der Waals surface area contributed by atoms with Crippen LogP contribution < -0.4 is 10.2 Å². The van der Waals surface area contributed by atoms with Gasteiger partial charge < -0.3 is 14.1 Å². The maximum atomic E-state index is 12.7. The van der Waals surface area contributed by atoms with Crippen LogP contribution in [0.4, 0.5) is 0 Å². The average Bonchev–Trinajstić information content (AvgIpc) is 3.09. The van der Waals surface area contributed by atoms with Crippen LogP contribution in [-0.4, -0.2) is 35.0 Å². The highest BCUT2D eigenvalue weighted by Gasteiger charge is 2.30. The molecule has 0 bridgehead atoms. The Bertz CT molecular complexity index is 1030. The number of ether oxygens (including phenoxy) is 1. The molecule has 1 saturated heterocycles. The summed E-state index contributed by atoms with van der Waals surface area (Å²) in [7, 11) is 0. The van der Waals surface area contributed by atoms with E-state index in [1.54, 1.807) is 35.2 Å². The van der Waals surface area contributed by atoms with Gasteiger partial charge in [0, 0.05) is 30.8 Å². The number of amides is 1. The van der Waals surface area contributed by atoms with Gasteiger partial charge >= 0.3 is 0 Å². The first-order chi connectivity index (χ1) is 12.6. The third-order valence-electron chi connectivity index (χ3n) is 4.43. The van der Waals surface area contributed by atoms with Gasteiger partial charge in [-0.1, -0.05) is 18.2 Å². The summed E-state index contributed by atoms with van der Waals surface area (Å²) in [4.78, 5) is 30.9. The fraction of sp³-hybridized carbons (Fsp3) is 0.250. The van der Waals surface area contributed by atoms with Crippen molar-refractivity contribution in [1.82, 2.24) is 9.88 Å². The Morgan fingerprint density at radius 3 is 2.92 bits per heavy atom. The number of nitrogens with zero attached hydrogens (tertiary/aromatic N) is 2. The predicted octanol–water partition coefficient (Wildman–Crippen LogP) is 2.79. The van der Waals surface area contributed by atoms with Gasteiger partial charge in [0.1, 0.15) is 11.7 Å². The molecule has 1 amide bonds. The van der Waals surface area contributed by atoms with Crippen molar-refractivity contribution in [2.24, 2.45) is 0 Å². The van der Waals surface area contributed by atoms with E-state index in [9.17, 15) is 9.59 Å². The number of aryl methyl sites for hydroxylation is 1. The van der Waals surface area contributed by atoms with Crippen molar-refractivity contribution in [2.45, 2.75) is 19.4 Å². The van der Waals surface area contributed by atoms with E-state index < -0.39 is 0 Å². The third-order valence-corrected chi connectivity index (χ3v) is 4.43. The van der Waals surface area contributed by atoms with Crippen LogP contribution in [0.2, 0.25) is 0 Å². The second-order valence-corrected chi connectivity index (χ2v) is 6.37. The molecule has 1 aromatic carbocycles. The summed E-state index contributed by atoms with van der Waals surface area (Å²) < 4.78 is 11.5. The van der Waals surface area contributed by atoms with E-state index in [0.29, 0.717) is 36.4 Å². The van der Waals surface area contributed by atoms with Crippen LogP contribution in [0.5, 0.6) is 5.88 Å². The number of hydrogen-bond donors (Lipinski definition) is 0. The standard InChI is InChI=1S/C20H18N2O4/c1-13-5-4-8-19(21-13)25-14-9-10-22(12-14)20(24)18-11-16(23)15-6-2-3-7-17(15)26-18/h2-8,11,14H,9-10,12H2,1H3. The largest absolute Gasteiger partial charge is 0.472 e. The summed E-state index contributed by atoms with van der Waals surface area (Å²) in [6, 6.07) is 13.8. The summed E-state index contributed by atoms with van der Waals surface area (Å²) in [6.07, 6.45) is 0.583. The van der Waals surface area contributed by atoms with Gasteiger partial charge in [-0.05, 0) is 25.1 Å². The quantitative estimate of drug-likeness (QED) is 0.726. The molecule has 3 aromatic rings. The number of likely N-dealkylation sites (tertiary alicyclic amines) is 1. The molecule has 6 nitrogen and oxygen atoms in total. The first kappa shape index (κ1) is 16.3. The molecule has 1 fully saturated rings. The fourth-order valence-electron chi connectivity index (χ4n) is 3.13. The highest BCUT2D eigenvalue weighted by Crippen LogP contribution is 2.20. The summed E-state index contributed by atoms with van der Waals surface area (Å²) in [5.74, 6) is 0.320. The number of pyridine rings is 1. The molecule has 0 saturated carbocycles. The van der Waals surface area contributed by atoms with Gasteiger partial charge in [0.2, 0.25) is 5.88 Å². The molecule has 26 heavy (non-hydrogen) atoms. The number of carbonyl (C=O) groups excluding carboxylic acids is 1. The summed E-state index contributed by atoms with van der Waals surface area (Å²) in [5.41, 5.74) is 1.08. The molecule has 3 heterocycles. The lowest BCUT2D eigenvalue weighted by Gasteiger charge is -2.16. The number of benzene rings is 1. The lowest BCUT2D eigenvalue weighted by atomic mass is 10.2. The van der Waals surface area contributed by atoms with E-state index in [4.69, 9.17) is 9.15 Å². The Balaban J connectivity index is 1.50. The molecule has 0 aliphatic carbocycles. The molecule has 0 radical (unpaired) electrons. The van der Waals surface area contributed by atoms with Crippen LogP contribution in [-0.2, 0) is 0 Å². The SMILES string of the molecule is Cc1cccc(OC2CCN(C(=O)c3cc(=O)c4ccccc4o3)C2)n1. The first-order valence-corrected chi connectivity index (χ1v) is 8.52. The smallest absolute Gasteiger partial charge is 0.289 e. The minimum absolute atomic E-state index is 0.0584. The average molecular weight is 350 g/mol. The summed E-state index contributed by atoms with van der Waals surface area (Å²) in [6.45, 7) is 2.88. The van der Waals surface area contributed by atoms with Crippen molar-refractivity contribution >= 4 is 16.9 Å². The minimum atomic E-state index is -0.295. The number of para-hydroxylation sites is 1. The number of carbonyl (C=O) groups is 1. The van der Waals surface area contributed by atoms with Crippen LogP contribution in [0.3, 0.4) is 0 Å². The summed E-state index contributed by atoms with van der Waals surface area (Å²) >= 11 is 0. The zero-order chi connectivity index (χ0) is 18.1. The van der Waals surface area contributed by atoms with Gasteiger partial charge in [0.15, 0.2) is 11.2 Å². The van der Waals surface area contributed by atoms with E-state index in [-0.39, 0.29) is 23.2 Å². The van der Waals surface area contributed by atoms with Crippen molar-refractivity contribution in [3.05, 3.63) is 70.2 Å². The van der Waals surface area contributed by atoms with Gasteiger partial charge in [0.25, 0.3) is 5.91 Å². The fourth-order valence-corrected chi connectivity index (χ4v) is 3.13. The van der Waals surface area contributed by atoms with Gasteiger partial charge in [-0.2, -0.15) is 0 Å². The molecule has 132 valence electrons. The lowest BCUT2D eigenvalue weighted by molar-refractivity contribution is 0.0740. The lowest BCUT2D eigenvalue weighted by Crippen LogP contribution is -2.31. The summed E-state index contributed by atoms with van der Waals surface area (Å²) in [5, 5.41) is 0.470. The number of rotatable bonds is 3. The maximum Gasteiger partial charge on any atom is 0.289 e. The van der Waals surface area contributed by atoms with E-state index in [1.807, 2.05) is 19.1 Å². The maximum absolute atomic E-state index is 12.7. The van der Waals surface area contributed by atoms with E-state index in [2.05, 4.69) is 4.98 Å². The molecule has 2 aromatic heterocycles. The van der Waals surface area contributed by atoms with Gasteiger partial charge in [0.05, 0.1) is 11.9 Å². The molecule has 0 N–H and O–H groups in total. The normalized spacial score (nSPS) is 16.8. The second kappa shape index (κ2) is 6.63. The molecule has 1 atom stereocenters. The van der Waals surface area contributed by atoms with Crippen molar-refractivity contribution in [3.63, 3.8) is 0 Å². The van der Waals surface area contributed by atoms with Gasteiger partial charge in [-0.25, -0.2) is 4.98 Å². The molecular formula is C20H18N2O4. The Morgan fingerprint density at radius 2 is 2.08 bits per heavy atom. The van der Waals surface area contributed by atoms with Crippen LogP contribution >= 0.6 is 0 Å². The van der Waals surface area contributed by atoms with E-state index >= 15 is 0 Å². The van der Waals surface area contributed by atoms with Crippen molar-refractivity contribution in [2.75, 3.05) is 13.1 Å².